The standard InChI is InChI=1S/C21H23NO3/c1-16(18-11-7-4-8-12-18)15-19(21(24)25-2)20(23)22-14-13-17-9-5-3-6-10-17/h3-12,15,19H,13-14H2,1-2H3,(H,22,23)/b16-15+. The lowest BCUT2D eigenvalue weighted by Gasteiger charge is -2.13. The summed E-state index contributed by atoms with van der Waals surface area (Å²) in [4.78, 5) is 24.5. The van der Waals surface area contributed by atoms with E-state index < -0.39 is 11.9 Å². The van der Waals surface area contributed by atoms with E-state index in [1.165, 1.54) is 7.11 Å². The first-order valence-corrected chi connectivity index (χ1v) is 8.25. The van der Waals surface area contributed by atoms with Crippen molar-refractivity contribution >= 4 is 17.4 Å². The summed E-state index contributed by atoms with van der Waals surface area (Å²) in [6.45, 7) is 2.34. The normalized spacial score (nSPS) is 12.3. The molecule has 1 amide bonds. The fourth-order valence-electron chi connectivity index (χ4n) is 2.51. The molecule has 0 heterocycles. The van der Waals surface area contributed by atoms with E-state index in [-0.39, 0.29) is 5.91 Å². The molecular formula is C21H23NO3. The van der Waals surface area contributed by atoms with Crippen LogP contribution in [-0.2, 0) is 20.7 Å². The van der Waals surface area contributed by atoms with E-state index in [0.717, 1.165) is 16.7 Å². The third kappa shape index (κ3) is 5.60. The molecule has 1 unspecified atom stereocenters. The van der Waals surface area contributed by atoms with Gasteiger partial charge in [-0.15, -0.1) is 0 Å². The zero-order valence-corrected chi connectivity index (χ0v) is 14.6. The molecule has 2 aromatic rings. The second-order valence-electron chi connectivity index (χ2n) is 5.74. The molecule has 1 N–H and O–H groups in total. The highest BCUT2D eigenvalue weighted by Crippen LogP contribution is 2.17. The van der Waals surface area contributed by atoms with Gasteiger partial charge in [0.15, 0.2) is 5.92 Å². The Morgan fingerprint density at radius 2 is 1.64 bits per heavy atom. The van der Waals surface area contributed by atoms with Crippen LogP contribution in [0.15, 0.2) is 66.7 Å². The lowest BCUT2D eigenvalue weighted by molar-refractivity contribution is -0.147. The molecule has 0 aliphatic rings. The van der Waals surface area contributed by atoms with Gasteiger partial charge in [-0.3, -0.25) is 9.59 Å². The molecule has 2 aromatic carbocycles. The van der Waals surface area contributed by atoms with Crippen molar-refractivity contribution in [2.45, 2.75) is 13.3 Å². The van der Waals surface area contributed by atoms with Crippen LogP contribution in [0.25, 0.3) is 5.57 Å². The van der Waals surface area contributed by atoms with E-state index in [1.54, 1.807) is 6.08 Å². The molecule has 0 aliphatic heterocycles. The molecule has 0 aliphatic carbocycles. The molecule has 0 fully saturated rings. The lowest BCUT2D eigenvalue weighted by atomic mass is 10.0. The second-order valence-corrected chi connectivity index (χ2v) is 5.74. The smallest absolute Gasteiger partial charge is 0.322 e. The van der Waals surface area contributed by atoms with Crippen molar-refractivity contribution in [2.75, 3.05) is 13.7 Å². The van der Waals surface area contributed by atoms with Gasteiger partial charge < -0.3 is 10.1 Å². The Morgan fingerprint density at radius 3 is 2.24 bits per heavy atom. The van der Waals surface area contributed by atoms with Gasteiger partial charge in [0.05, 0.1) is 7.11 Å². The number of allylic oxidation sites excluding steroid dienone is 1. The van der Waals surface area contributed by atoms with Crippen molar-refractivity contribution in [1.29, 1.82) is 0 Å². The van der Waals surface area contributed by atoms with Crippen LogP contribution in [0.3, 0.4) is 0 Å². The van der Waals surface area contributed by atoms with Crippen LogP contribution in [0.4, 0.5) is 0 Å². The molecule has 0 saturated carbocycles. The van der Waals surface area contributed by atoms with E-state index >= 15 is 0 Å². The molecule has 0 saturated heterocycles. The van der Waals surface area contributed by atoms with Crippen LogP contribution in [0, 0.1) is 5.92 Å². The van der Waals surface area contributed by atoms with Crippen molar-refractivity contribution in [1.82, 2.24) is 5.32 Å². The Kier molecular flexibility index (Phi) is 6.96. The van der Waals surface area contributed by atoms with E-state index in [4.69, 9.17) is 4.74 Å². The molecule has 0 radical (unpaired) electrons. The summed E-state index contributed by atoms with van der Waals surface area (Å²) in [6.07, 6.45) is 2.36. The van der Waals surface area contributed by atoms with Gasteiger partial charge in [-0.25, -0.2) is 0 Å². The van der Waals surface area contributed by atoms with Gasteiger partial charge in [0.25, 0.3) is 0 Å². The first kappa shape index (κ1) is 18.5. The number of amides is 1. The van der Waals surface area contributed by atoms with Gasteiger partial charge in [-0.05, 0) is 30.0 Å². The number of benzene rings is 2. The number of hydrogen-bond donors (Lipinski definition) is 1. The molecule has 4 heteroatoms. The maximum atomic E-state index is 12.4. The topological polar surface area (TPSA) is 55.4 Å². The van der Waals surface area contributed by atoms with Gasteiger partial charge in [-0.1, -0.05) is 66.7 Å². The molecule has 4 nitrogen and oxygen atoms in total. The minimum absolute atomic E-state index is 0.349. The highest BCUT2D eigenvalue weighted by molar-refractivity contribution is 6.01. The second kappa shape index (κ2) is 9.42. The average Bonchev–Trinajstić information content (AvgIpc) is 2.66. The monoisotopic (exact) mass is 337 g/mol. The summed E-state index contributed by atoms with van der Waals surface area (Å²) >= 11 is 0. The first-order valence-electron chi connectivity index (χ1n) is 8.25. The third-order valence-electron chi connectivity index (χ3n) is 3.94. The Labute approximate surface area is 148 Å². The molecule has 1 atom stereocenters. The number of hydrogen-bond acceptors (Lipinski definition) is 3. The first-order chi connectivity index (χ1) is 12.1. The number of methoxy groups -OCH3 is 1. The number of carbonyl (C=O) groups excluding carboxylic acids is 2. The zero-order chi connectivity index (χ0) is 18.1. The summed E-state index contributed by atoms with van der Waals surface area (Å²) < 4.78 is 4.79. The maximum absolute atomic E-state index is 12.4. The Bertz CT molecular complexity index is 723. The highest BCUT2D eigenvalue weighted by Gasteiger charge is 2.25. The largest absolute Gasteiger partial charge is 0.468 e. The molecule has 0 spiro atoms. The highest BCUT2D eigenvalue weighted by atomic mass is 16.5. The Balaban J connectivity index is 2.03. The van der Waals surface area contributed by atoms with Crippen molar-refractivity contribution in [3.63, 3.8) is 0 Å². The lowest BCUT2D eigenvalue weighted by Crippen LogP contribution is -2.36. The van der Waals surface area contributed by atoms with Gasteiger partial charge in [0.1, 0.15) is 0 Å². The summed E-state index contributed by atoms with van der Waals surface area (Å²) in [5, 5.41) is 2.82. The molecule has 2 rings (SSSR count). The number of carbonyl (C=O) groups is 2. The van der Waals surface area contributed by atoms with Crippen LogP contribution in [0.5, 0.6) is 0 Å². The Hall–Kier alpha value is -2.88. The van der Waals surface area contributed by atoms with Crippen LogP contribution >= 0.6 is 0 Å². The average molecular weight is 337 g/mol. The Morgan fingerprint density at radius 1 is 1.04 bits per heavy atom. The minimum atomic E-state index is -0.957. The van der Waals surface area contributed by atoms with Crippen LogP contribution in [0.1, 0.15) is 18.1 Å². The van der Waals surface area contributed by atoms with Crippen LogP contribution in [-0.4, -0.2) is 25.5 Å². The maximum Gasteiger partial charge on any atom is 0.322 e. The number of esters is 1. The van der Waals surface area contributed by atoms with E-state index in [0.29, 0.717) is 13.0 Å². The third-order valence-corrected chi connectivity index (χ3v) is 3.94. The van der Waals surface area contributed by atoms with Crippen LogP contribution < -0.4 is 5.32 Å². The fraction of sp³-hybridized carbons (Fsp3) is 0.238. The van der Waals surface area contributed by atoms with Gasteiger partial charge in [0.2, 0.25) is 5.91 Å². The van der Waals surface area contributed by atoms with Crippen molar-refractivity contribution in [2.24, 2.45) is 5.92 Å². The molecule has 25 heavy (non-hydrogen) atoms. The number of rotatable bonds is 7. The fourth-order valence-corrected chi connectivity index (χ4v) is 2.51. The summed E-state index contributed by atoms with van der Waals surface area (Å²) in [6, 6.07) is 19.5. The minimum Gasteiger partial charge on any atom is -0.468 e. The predicted molar refractivity (Wildman–Crippen MR) is 98.8 cm³/mol. The van der Waals surface area contributed by atoms with Gasteiger partial charge in [0, 0.05) is 6.54 Å². The summed E-state index contributed by atoms with van der Waals surface area (Å²) in [7, 11) is 1.29. The van der Waals surface area contributed by atoms with E-state index in [9.17, 15) is 9.59 Å². The van der Waals surface area contributed by atoms with Crippen molar-refractivity contribution < 1.29 is 14.3 Å². The van der Waals surface area contributed by atoms with Crippen molar-refractivity contribution in [3.8, 4) is 0 Å². The summed E-state index contributed by atoms with van der Waals surface area (Å²) in [5.41, 5.74) is 2.95. The van der Waals surface area contributed by atoms with E-state index in [2.05, 4.69) is 5.32 Å². The SMILES string of the molecule is COC(=O)C(/C=C(\C)c1ccccc1)C(=O)NCCc1ccccc1. The molecule has 0 bridgehead atoms. The van der Waals surface area contributed by atoms with Crippen molar-refractivity contribution in [3.05, 3.63) is 77.9 Å². The number of ether oxygens (including phenoxy) is 1. The van der Waals surface area contributed by atoms with Crippen LogP contribution in [0.2, 0.25) is 0 Å². The molecule has 130 valence electrons. The zero-order valence-electron chi connectivity index (χ0n) is 14.6. The van der Waals surface area contributed by atoms with Gasteiger partial charge in [-0.2, -0.15) is 0 Å². The van der Waals surface area contributed by atoms with Gasteiger partial charge >= 0.3 is 5.97 Å². The number of nitrogens with one attached hydrogen (secondary N) is 1. The molecular weight excluding hydrogens is 314 g/mol. The van der Waals surface area contributed by atoms with E-state index in [1.807, 2.05) is 67.6 Å². The summed E-state index contributed by atoms with van der Waals surface area (Å²) in [5.74, 6) is -1.87. The predicted octanol–water partition coefficient (Wildman–Crippen LogP) is 3.24. The quantitative estimate of drug-likeness (QED) is 0.623. The molecule has 0 aromatic heterocycles.